The van der Waals surface area contributed by atoms with Gasteiger partial charge in [-0.3, -0.25) is 4.90 Å². The number of likely N-dealkylation sites (tertiary alicyclic amines) is 1. The first-order valence-electron chi connectivity index (χ1n) is 10.3. The second-order valence-corrected chi connectivity index (χ2v) is 8.10. The summed E-state index contributed by atoms with van der Waals surface area (Å²) in [5.41, 5.74) is 2.31. The molecule has 4 rings (SSSR count). The minimum Gasteiger partial charge on any atom is -0.385 e. The van der Waals surface area contributed by atoms with Gasteiger partial charge in [0.2, 0.25) is 0 Å². The Morgan fingerprint density at radius 3 is 2.70 bits per heavy atom. The van der Waals surface area contributed by atoms with E-state index in [9.17, 15) is 10.4 Å². The highest BCUT2D eigenvalue weighted by molar-refractivity contribution is 5.29. The molecule has 0 amide bonds. The lowest BCUT2D eigenvalue weighted by molar-refractivity contribution is -0.123. The normalized spacial score (nSPS) is 28.5. The van der Waals surface area contributed by atoms with Crippen LogP contribution in [0.2, 0.25) is 0 Å². The minimum absolute atomic E-state index is 0.283. The summed E-state index contributed by atoms with van der Waals surface area (Å²) in [6.07, 6.45) is 7.58. The summed E-state index contributed by atoms with van der Waals surface area (Å²) < 4.78 is 2.03. The molecule has 0 unspecified atom stereocenters. The van der Waals surface area contributed by atoms with Crippen LogP contribution in [0.15, 0.2) is 42.6 Å². The second kappa shape index (κ2) is 7.50. The number of nitrogens with zero attached hydrogens (tertiary/aromatic N) is 3. The topological polar surface area (TPSA) is 52.2 Å². The van der Waals surface area contributed by atoms with E-state index in [-0.39, 0.29) is 5.92 Å². The Labute approximate surface area is 162 Å². The average Bonchev–Trinajstić information content (AvgIpc) is 3.13. The highest BCUT2D eigenvalue weighted by Crippen LogP contribution is 2.47. The quantitative estimate of drug-likeness (QED) is 0.892. The van der Waals surface area contributed by atoms with Crippen LogP contribution in [0.5, 0.6) is 0 Å². The van der Waals surface area contributed by atoms with E-state index in [1.54, 1.807) is 0 Å². The van der Waals surface area contributed by atoms with Crippen molar-refractivity contribution in [1.29, 1.82) is 5.26 Å². The zero-order valence-electron chi connectivity index (χ0n) is 16.1. The second-order valence-electron chi connectivity index (χ2n) is 8.10. The van der Waals surface area contributed by atoms with E-state index in [1.807, 2.05) is 28.8 Å². The molecule has 1 saturated carbocycles. The Bertz CT molecular complexity index is 822. The first-order chi connectivity index (χ1) is 13.2. The number of aliphatic hydroxyl groups is 1. The molecule has 27 heavy (non-hydrogen) atoms. The van der Waals surface area contributed by atoms with Crippen LogP contribution < -0.4 is 0 Å². The number of hydrogen-bond acceptors (Lipinski definition) is 3. The number of rotatable bonds is 4. The predicted molar refractivity (Wildman–Crippen MR) is 106 cm³/mol. The van der Waals surface area contributed by atoms with Crippen LogP contribution in [0.3, 0.4) is 0 Å². The Balaban J connectivity index is 1.59. The first-order valence-corrected chi connectivity index (χ1v) is 10.3. The van der Waals surface area contributed by atoms with Crippen LogP contribution in [0.25, 0.3) is 0 Å². The largest absolute Gasteiger partial charge is 0.385 e. The summed E-state index contributed by atoms with van der Waals surface area (Å²) in [6, 6.07) is 15.0. The smallest absolute Gasteiger partial charge is 0.120 e. The van der Waals surface area contributed by atoms with Crippen LogP contribution >= 0.6 is 0 Å². The molecular formula is C23H29N3O. The van der Waals surface area contributed by atoms with Crippen molar-refractivity contribution >= 4 is 0 Å². The van der Waals surface area contributed by atoms with Gasteiger partial charge in [0.05, 0.1) is 5.60 Å². The van der Waals surface area contributed by atoms with E-state index in [1.165, 1.54) is 18.4 Å². The van der Waals surface area contributed by atoms with Crippen molar-refractivity contribution in [2.75, 3.05) is 6.54 Å². The number of piperidine rings is 1. The van der Waals surface area contributed by atoms with Gasteiger partial charge in [-0.15, -0.1) is 0 Å². The van der Waals surface area contributed by atoms with Gasteiger partial charge in [0.1, 0.15) is 11.8 Å². The highest BCUT2D eigenvalue weighted by atomic mass is 16.3. The van der Waals surface area contributed by atoms with Crippen LogP contribution in [-0.4, -0.2) is 27.2 Å². The molecule has 1 N–H and O–H groups in total. The zero-order chi connectivity index (χ0) is 18.9. The monoisotopic (exact) mass is 363 g/mol. The lowest BCUT2D eigenvalue weighted by Crippen LogP contribution is -2.57. The summed E-state index contributed by atoms with van der Waals surface area (Å²) in [7, 11) is 0. The van der Waals surface area contributed by atoms with E-state index >= 15 is 0 Å². The fourth-order valence-electron chi connectivity index (χ4n) is 5.30. The van der Waals surface area contributed by atoms with Gasteiger partial charge < -0.3 is 9.67 Å². The SMILES string of the molecule is CCn1cc(CN2CC[C@](O)(c3ccccc3)[C@@H]3CCCC[C@H]32)cc1C#N. The molecule has 0 bridgehead atoms. The molecule has 0 radical (unpaired) electrons. The summed E-state index contributed by atoms with van der Waals surface area (Å²) in [5, 5.41) is 21.0. The van der Waals surface area contributed by atoms with Crippen molar-refractivity contribution in [2.45, 2.75) is 63.8 Å². The minimum atomic E-state index is -0.712. The molecule has 1 aromatic carbocycles. The Hall–Kier alpha value is -2.09. The van der Waals surface area contributed by atoms with Crippen molar-refractivity contribution in [1.82, 2.24) is 9.47 Å². The standard InChI is InChI=1S/C23H29N3O/c1-2-25-16-18(14-20(25)15-24)17-26-13-12-23(27,19-8-4-3-5-9-19)21-10-6-7-11-22(21)26/h3-5,8-9,14,16,21-22,27H,2,6-7,10-13,17H2,1H3/t21-,22-,23+/m1/s1. The molecule has 2 heterocycles. The van der Waals surface area contributed by atoms with E-state index in [4.69, 9.17) is 0 Å². The third-order valence-corrected chi connectivity index (χ3v) is 6.66. The highest BCUT2D eigenvalue weighted by Gasteiger charge is 2.48. The zero-order valence-corrected chi connectivity index (χ0v) is 16.1. The molecule has 3 atom stereocenters. The van der Waals surface area contributed by atoms with Crippen molar-refractivity contribution in [3.8, 4) is 6.07 Å². The van der Waals surface area contributed by atoms with E-state index < -0.39 is 5.60 Å². The molecule has 2 aliphatic rings. The molecule has 1 aromatic heterocycles. The Morgan fingerprint density at radius 2 is 2.00 bits per heavy atom. The molecule has 1 saturated heterocycles. The molecule has 4 heteroatoms. The van der Waals surface area contributed by atoms with Gasteiger partial charge in [-0.05, 0) is 43.4 Å². The predicted octanol–water partition coefficient (Wildman–Crippen LogP) is 4.03. The van der Waals surface area contributed by atoms with E-state index in [0.29, 0.717) is 6.04 Å². The van der Waals surface area contributed by atoms with Crippen LogP contribution in [-0.2, 0) is 18.7 Å². The number of hydrogen-bond donors (Lipinski definition) is 1. The Morgan fingerprint density at radius 1 is 1.22 bits per heavy atom. The third kappa shape index (κ3) is 3.31. The maximum Gasteiger partial charge on any atom is 0.120 e. The molecular weight excluding hydrogens is 334 g/mol. The number of benzene rings is 1. The van der Waals surface area contributed by atoms with Gasteiger partial charge in [-0.25, -0.2) is 0 Å². The van der Waals surface area contributed by atoms with Crippen LogP contribution in [0.1, 0.15) is 55.8 Å². The van der Waals surface area contributed by atoms with Gasteiger partial charge >= 0.3 is 0 Å². The molecule has 1 aliphatic carbocycles. The molecule has 2 aromatic rings. The van der Waals surface area contributed by atoms with Crippen molar-refractivity contribution in [2.24, 2.45) is 5.92 Å². The maximum atomic E-state index is 11.7. The van der Waals surface area contributed by atoms with E-state index in [2.05, 4.69) is 36.2 Å². The Kier molecular flexibility index (Phi) is 5.08. The molecule has 142 valence electrons. The average molecular weight is 364 g/mol. The van der Waals surface area contributed by atoms with Crippen molar-refractivity contribution < 1.29 is 5.11 Å². The maximum absolute atomic E-state index is 11.7. The lowest BCUT2D eigenvalue weighted by Gasteiger charge is -2.52. The van der Waals surface area contributed by atoms with Gasteiger partial charge in [0.15, 0.2) is 0 Å². The lowest BCUT2D eigenvalue weighted by atomic mass is 9.66. The first kappa shape index (κ1) is 18.3. The number of fused-ring (bicyclic) bond motifs is 1. The van der Waals surface area contributed by atoms with Gasteiger partial charge in [0.25, 0.3) is 0 Å². The number of aryl methyl sites for hydroxylation is 1. The molecule has 1 aliphatic heterocycles. The van der Waals surface area contributed by atoms with Crippen LogP contribution in [0, 0.1) is 17.2 Å². The number of aromatic nitrogens is 1. The fraction of sp³-hybridized carbons (Fsp3) is 0.522. The summed E-state index contributed by atoms with van der Waals surface area (Å²) in [5.74, 6) is 0.283. The summed E-state index contributed by atoms with van der Waals surface area (Å²) in [4.78, 5) is 2.55. The van der Waals surface area contributed by atoms with Crippen molar-refractivity contribution in [3.63, 3.8) is 0 Å². The molecule has 0 spiro atoms. The molecule has 2 fully saturated rings. The van der Waals surface area contributed by atoms with Gasteiger partial charge in [-0.2, -0.15) is 5.26 Å². The van der Waals surface area contributed by atoms with Gasteiger partial charge in [-0.1, -0.05) is 43.2 Å². The summed E-state index contributed by atoms with van der Waals surface area (Å²) >= 11 is 0. The van der Waals surface area contributed by atoms with Crippen LogP contribution in [0.4, 0.5) is 0 Å². The fourth-order valence-corrected chi connectivity index (χ4v) is 5.30. The third-order valence-electron chi connectivity index (χ3n) is 6.66. The van der Waals surface area contributed by atoms with E-state index in [0.717, 1.165) is 50.2 Å². The summed E-state index contributed by atoms with van der Waals surface area (Å²) in [6.45, 7) is 4.66. The van der Waals surface area contributed by atoms with Crippen molar-refractivity contribution in [3.05, 3.63) is 59.4 Å². The number of nitriles is 1. The molecule has 4 nitrogen and oxygen atoms in total. The van der Waals surface area contributed by atoms with Gasteiger partial charge in [0, 0.05) is 37.8 Å².